The Balaban J connectivity index is 3.75. The Morgan fingerprint density at radius 2 is 1.56 bits per heavy atom. The standard InChI is InChI=1S/C5H10F2O2/c1-4(2,3)9-5(6,7)8/h8H,1-3H3. The molecule has 0 fully saturated rings. The largest absolute Gasteiger partial charge is 0.483 e. The Bertz CT molecular complexity index is 78.1. The van der Waals surface area contributed by atoms with Crippen LogP contribution in [0.2, 0.25) is 0 Å². The maximum atomic E-state index is 11.6. The zero-order valence-electron chi connectivity index (χ0n) is 5.61. The van der Waals surface area contributed by atoms with Crippen molar-refractivity contribution in [3.05, 3.63) is 0 Å². The fraction of sp³-hybridized carbons (Fsp3) is 1.00. The van der Waals surface area contributed by atoms with Crippen molar-refractivity contribution < 1.29 is 18.6 Å². The molecule has 0 aliphatic carbocycles. The van der Waals surface area contributed by atoms with Crippen molar-refractivity contribution in [2.24, 2.45) is 0 Å². The first-order valence-electron chi connectivity index (χ1n) is 2.51. The van der Waals surface area contributed by atoms with Crippen molar-refractivity contribution in [2.45, 2.75) is 32.7 Å². The lowest BCUT2D eigenvalue weighted by Gasteiger charge is -2.21. The molecule has 0 radical (unpaired) electrons. The topological polar surface area (TPSA) is 29.5 Å². The summed E-state index contributed by atoms with van der Waals surface area (Å²) in [4.78, 5) is 0. The average Bonchev–Trinajstić information content (AvgIpc) is 1.14. The lowest BCUT2D eigenvalue weighted by atomic mass is 10.2. The molecule has 0 saturated carbocycles. The maximum absolute atomic E-state index is 11.6. The normalized spacial score (nSPS) is 14.0. The third-order valence-corrected chi connectivity index (χ3v) is 0.429. The van der Waals surface area contributed by atoms with E-state index in [-0.39, 0.29) is 0 Å². The summed E-state index contributed by atoms with van der Waals surface area (Å²) in [6.07, 6.45) is -4.02. The van der Waals surface area contributed by atoms with Gasteiger partial charge >= 0.3 is 6.29 Å². The van der Waals surface area contributed by atoms with Crippen LogP contribution in [0.15, 0.2) is 0 Å². The van der Waals surface area contributed by atoms with Crippen LogP contribution in [0.5, 0.6) is 0 Å². The van der Waals surface area contributed by atoms with Gasteiger partial charge in [-0.1, -0.05) is 0 Å². The quantitative estimate of drug-likeness (QED) is 0.557. The van der Waals surface area contributed by atoms with Gasteiger partial charge in [-0.25, -0.2) is 0 Å². The van der Waals surface area contributed by atoms with E-state index in [2.05, 4.69) is 4.74 Å². The predicted molar refractivity (Wildman–Crippen MR) is 28.0 cm³/mol. The number of rotatable bonds is 1. The Labute approximate surface area is 52.4 Å². The molecular formula is C5H10F2O2. The zero-order chi connectivity index (χ0) is 7.71. The van der Waals surface area contributed by atoms with Crippen LogP contribution in [-0.4, -0.2) is 17.0 Å². The second kappa shape index (κ2) is 2.19. The summed E-state index contributed by atoms with van der Waals surface area (Å²) >= 11 is 0. The van der Waals surface area contributed by atoms with Gasteiger partial charge in [-0.2, -0.15) is 0 Å². The number of hydrogen-bond donors (Lipinski definition) is 1. The van der Waals surface area contributed by atoms with Crippen molar-refractivity contribution >= 4 is 0 Å². The summed E-state index contributed by atoms with van der Waals surface area (Å²) in [6.45, 7) is 4.28. The molecule has 9 heavy (non-hydrogen) atoms. The summed E-state index contributed by atoms with van der Waals surface area (Å²) < 4.78 is 27.0. The van der Waals surface area contributed by atoms with E-state index >= 15 is 0 Å². The van der Waals surface area contributed by atoms with Crippen molar-refractivity contribution in [1.29, 1.82) is 0 Å². The number of halogens is 2. The van der Waals surface area contributed by atoms with Crippen LogP contribution < -0.4 is 0 Å². The maximum Gasteiger partial charge on any atom is 0.483 e. The van der Waals surface area contributed by atoms with E-state index in [1.165, 1.54) is 20.8 Å². The van der Waals surface area contributed by atoms with Gasteiger partial charge in [0, 0.05) is 0 Å². The average molecular weight is 140 g/mol. The summed E-state index contributed by atoms with van der Waals surface area (Å²) in [5, 5.41) is 7.80. The van der Waals surface area contributed by atoms with Crippen LogP contribution >= 0.6 is 0 Å². The van der Waals surface area contributed by atoms with E-state index in [1.807, 2.05) is 0 Å². The third-order valence-electron chi connectivity index (χ3n) is 0.429. The molecule has 0 aliphatic heterocycles. The number of alkyl halides is 2. The third kappa shape index (κ3) is 7.78. The lowest BCUT2D eigenvalue weighted by Crippen LogP contribution is -2.31. The molecule has 0 aromatic rings. The Hall–Kier alpha value is -0.220. The molecule has 56 valence electrons. The molecule has 0 aliphatic rings. The van der Waals surface area contributed by atoms with Crippen LogP contribution in [0.1, 0.15) is 20.8 Å². The van der Waals surface area contributed by atoms with Gasteiger partial charge in [0.05, 0.1) is 5.60 Å². The predicted octanol–water partition coefficient (Wildman–Crippen LogP) is 1.34. The molecule has 0 atom stereocenters. The van der Waals surface area contributed by atoms with Gasteiger partial charge in [0.15, 0.2) is 0 Å². The van der Waals surface area contributed by atoms with Crippen LogP contribution in [-0.2, 0) is 4.74 Å². The first-order valence-corrected chi connectivity index (χ1v) is 2.51. The summed E-state index contributed by atoms with van der Waals surface area (Å²) in [6, 6.07) is 0. The molecule has 0 aromatic heterocycles. The first kappa shape index (κ1) is 8.78. The van der Waals surface area contributed by atoms with E-state index in [9.17, 15) is 8.78 Å². The number of ether oxygens (including phenoxy) is 1. The monoisotopic (exact) mass is 140 g/mol. The molecule has 0 spiro atoms. The molecule has 0 aromatic carbocycles. The molecule has 0 rings (SSSR count). The van der Waals surface area contributed by atoms with Gasteiger partial charge in [-0.05, 0) is 20.8 Å². The van der Waals surface area contributed by atoms with E-state index in [0.29, 0.717) is 0 Å². The fourth-order valence-corrected chi connectivity index (χ4v) is 0.368. The first-order chi connectivity index (χ1) is 3.71. The molecule has 0 unspecified atom stereocenters. The van der Waals surface area contributed by atoms with Gasteiger partial charge in [0.25, 0.3) is 0 Å². The fourth-order valence-electron chi connectivity index (χ4n) is 0.368. The molecule has 0 bridgehead atoms. The van der Waals surface area contributed by atoms with Gasteiger partial charge < -0.3 is 5.11 Å². The van der Waals surface area contributed by atoms with Gasteiger partial charge in [-0.3, -0.25) is 4.74 Å². The minimum Gasteiger partial charge on any atom is -0.311 e. The van der Waals surface area contributed by atoms with Gasteiger partial charge in [0.1, 0.15) is 0 Å². The van der Waals surface area contributed by atoms with Crippen LogP contribution in [0.3, 0.4) is 0 Å². The van der Waals surface area contributed by atoms with Crippen molar-refractivity contribution in [3.63, 3.8) is 0 Å². The molecule has 2 nitrogen and oxygen atoms in total. The second-order valence-corrected chi connectivity index (χ2v) is 2.70. The van der Waals surface area contributed by atoms with E-state index in [0.717, 1.165) is 0 Å². The highest BCUT2D eigenvalue weighted by molar-refractivity contribution is 4.58. The minimum atomic E-state index is -4.02. The van der Waals surface area contributed by atoms with Crippen molar-refractivity contribution in [2.75, 3.05) is 0 Å². The summed E-state index contributed by atoms with van der Waals surface area (Å²) in [7, 11) is 0. The summed E-state index contributed by atoms with van der Waals surface area (Å²) in [5.74, 6) is 0. The smallest absolute Gasteiger partial charge is 0.311 e. The lowest BCUT2D eigenvalue weighted by molar-refractivity contribution is -0.399. The highest BCUT2D eigenvalue weighted by Crippen LogP contribution is 2.19. The van der Waals surface area contributed by atoms with Gasteiger partial charge in [-0.15, -0.1) is 8.78 Å². The van der Waals surface area contributed by atoms with E-state index < -0.39 is 11.9 Å². The molecule has 4 heteroatoms. The summed E-state index contributed by atoms with van der Waals surface area (Å²) in [5.41, 5.74) is -1.02. The minimum absolute atomic E-state index is 1.02. The van der Waals surface area contributed by atoms with Crippen LogP contribution in [0.4, 0.5) is 8.78 Å². The van der Waals surface area contributed by atoms with E-state index in [1.54, 1.807) is 0 Å². The molecule has 0 heterocycles. The van der Waals surface area contributed by atoms with Crippen molar-refractivity contribution in [3.8, 4) is 0 Å². The van der Waals surface area contributed by atoms with E-state index in [4.69, 9.17) is 5.11 Å². The number of aliphatic hydroxyl groups is 1. The second-order valence-electron chi connectivity index (χ2n) is 2.70. The molecule has 0 saturated heterocycles. The molecule has 0 amide bonds. The van der Waals surface area contributed by atoms with Crippen LogP contribution in [0, 0.1) is 0 Å². The van der Waals surface area contributed by atoms with Crippen LogP contribution in [0.25, 0.3) is 0 Å². The zero-order valence-corrected chi connectivity index (χ0v) is 5.61. The van der Waals surface area contributed by atoms with Crippen molar-refractivity contribution in [1.82, 2.24) is 0 Å². The SMILES string of the molecule is CC(C)(C)OC(O)(F)F. The molecular weight excluding hydrogens is 130 g/mol. The highest BCUT2D eigenvalue weighted by atomic mass is 19.3. The Morgan fingerprint density at radius 3 is 1.56 bits per heavy atom. The highest BCUT2D eigenvalue weighted by Gasteiger charge is 2.32. The molecule has 1 N–H and O–H groups in total. The Kier molecular flexibility index (Phi) is 2.14. The van der Waals surface area contributed by atoms with Gasteiger partial charge in [0.2, 0.25) is 0 Å². The Morgan fingerprint density at radius 1 is 1.22 bits per heavy atom. The number of hydrogen-bond acceptors (Lipinski definition) is 2.